The van der Waals surface area contributed by atoms with E-state index in [-0.39, 0.29) is 5.69 Å². The summed E-state index contributed by atoms with van der Waals surface area (Å²) in [6.07, 6.45) is 0. The van der Waals surface area contributed by atoms with Crippen LogP contribution in [-0.4, -0.2) is 38.6 Å². The first-order chi connectivity index (χ1) is 16.6. The topological polar surface area (TPSA) is 110 Å². The van der Waals surface area contributed by atoms with Gasteiger partial charge in [-0.2, -0.15) is 5.11 Å². The smallest absolute Gasteiger partial charge is 0.292 e. The third-order valence-corrected chi connectivity index (χ3v) is 5.24. The van der Waals surface area contributed by atoms with Gasteiger partial charge in [-0.05, 0) is 35.9 Å². The van der Waals surface area contributed by atoms with E-state index in [1.54, 1.807) is 25.3 Å². The molecule has 174 valence electrons. The molecular weight excluding hydrogens is 436 g/mol. The standard InChI is InChI=1S/C25H24N4O5/c1-31-19-11-10-17(14-18(19)15-8-6-5-7-9-15)26-28-23-22(27-29-25(23)30)16-12-20(32-2)24(34-4)21(13-16)33-3/h5-14H,1-4H3,(H2,27,29,30). The van der Waals surface area contributed by atoms with Gasteiger partial charge < -0.3 is 18.9 Å². The lowest BCUT2D eigenvalue weighted by atomic mass is 10.0. The van der Waals surface area contributed by atoms with Crippen LogP contribution >= 0.6 is 0 Å². The molecule has 4 aromatic rings. The molecule has 3 aromatic carbocycles. The monoisotopic (exact) mass is 460 g/mol. The molecule has 0 bridgehead atoms. The molecule has 1 aromatic heterocycles. The number of hydrogen-bond donors (Lipinski definition) is 2. The maximum Gasteiger partial charge on any atom is 0.292 e. The summed E-state index contributed by atoms with van der Waals surface area (Å²) in [5, 5.41) is 14.0. The summed E-state index contributed by atoms with van der Waals surface area (Å²) in [7, 11) is 6.19. The number of methoxy groups -OCH3 is 4. The molecule has 9 nitrogen and oxygen atoms in total. The number of rotatable bonds is 8. The second kappa shape index (κ2) is 9.95. The molecule has 0 spiro atoms. The summed E-state index contributed by atoms with van der Waals surface area (Å²) < 4.78 is 21.7. The third kappa shape index (κ3) is 4.36. The van der Waals surface area contributed by atoms with E-state index in [1.165, 1.54) is 21.3 Å². The summed E-state index contributed by atoms with van der Waals surface area (Å²) in [6, 6.07) is 18.7. The number of aromatic nitrogens is 2. The van der Waals surface area contributed by atoms with Crippen LogP contribution in [0.2, 0.25) is 0 Å². The van der Waals surface area contributed by atoms with Gasteiger partial charge in [-0.15, -0.1) is 5.11 Å². The molecule has 34 heavy (non-hydrogen) atoms. The maximum absolute atomic E-state index is 12.5. The van der Waals surface area contributed by atoms with Crippen LogP contribution in [0, 0.1) is 0 Å². The Morgan fingerprint density at radius 3 is 1.97 bits per heavy atom. The number of nitrogens with zero attached hydrogens (tertiary/aromatic N) is 2. The fourth-order valence-corrected chi connectivity index (χ4v) is 3.59. The van der Waals surface area contributed by atoms with Gasteiger partial charge >= 0.3 is 0 Å². The molecule has 0 aliphatic rings. The quantitative estimate of drug-likeness (QED) is 0.338. The van der Waals surface area contributed by atoms with Crippen molar-refractivity contribution in [3.63, 3.8) is 0 Å². The van der Waals surface area contributed by atoms with E-state index >= 15 is 0 Å². The third-order valence-electron chi connectivity index (χ3n) is 5.24. The highest BCUT2D eigenvalue weighted by atomic mass is 16.5. The Morgan fingerprint density at radius 2 is 1.35 bits per heavy atom. The Bertz CT molecular complexity index is 1350. The van der Waals surface area contributed by atoms with E-state index in [2.05, 4.69) is 20.4 Å². The van der Waals surface area contributed by atoms with Crippen molar-refractivity contribution in [2.75, 3.05) is 28.4 Å². The van der Waals surface area contributed by atoms with Gasteiger partial charge in [0, 0.05) is 11.1 Å². The molecule has 0 fully saturated rings. The average Bonchev–Trinajstić information content (AvgIpc) is 3.26. The Morgan fingerprint density at radius 1 is 0.676 bits per heavy atom. The highest BCUT2D eigenvalue weighted by Gasteiger charge is 2.18. The van der Waals surface area contributed by atoms with Crippen LogP contribution in [0.1, 0.15) is 0 Å². The SMILES string of the molecule is COc1ccc(N=Nc2c(-c3cc(OC)c(OC)c(OC)c3)[nH][nH]c2=O)cc1-c1ccccc1. The van der Waals surface area contributed by atoms with E-state index in [4.69, 9.17) is 18.9 Å². The average molecular weight is 460 g/mol. The molecule has 1 heterocycles. The molecule has 4 rings (SSSR count). The molecule has 0 aliphatic carbocycles. The summed E-state index contributed by atoms with van der Waals surface area (Å²) in [4.78, 5) is 12.5. The van der Waals surface area contributed by atoms with E-state index in [0.29, 0.717) is 39.9 Å². The molecule has 0 atom stereocenters. The van der Waals surface area contributed by atoms with Gasteiger partial charge in [-0.25, -0.2) is 0 Å². The summed E-state index contributed by atoms with van der Waals surface area (Å²) in [6.45, 7) is 0. The minimum atomic E-state index is -0.413. The van der Waals surface area contributed by atoms with E-state index in [9.17, 15) is 4.79 Å². The van der Waals surface area contributed by atoms with Crippen molar-refractivity contribution >= 4 is 11.4 Å². The lowest BCUT2D eigenvalue weighted by Crippen LogP contribution is -1.97. The van der Waals surface area contributed by atoms with Crippen molar-refractivity contribution < 1.29 is 18.9 Å². The zero-order valence-electron chi connectivity index (χ0n) is 19.2. The molecule has 0 radical (unpaired) electrons. The van der Waals surface area contributed by atoms with Crippen LogP contribution in [0.4, 0.5) is 11.4 Å². The maximum atomic E-state index is 12.5. The minimum Gasteiger partial charge on any atom is -0.496 e. The number of ether oxygens (including phenoxy) is 4. The van der Waals surface area contributed by atoms with Crippen molar-refractivity contribution in [1.29, 1.82) is 0 Å². The predicted molar refractivity (Wildman–Crippen MR) is 129 cm³/mol. The van der Waals surface area contributed by atoms with Gasteiger partial charge in [-0.3, -0.25) is 15.0 Å². The molecule has 2 N–H and O–H groups in total. The number of benzene rings is 3. The lowest BCUT2D eigenvalue weighted by Gasteiger charge is -2.13. The van der Waals surface area contributed by atoms with Gasteiger partial charge in [0.1, 0.15) is 5.75 Å². The Kier molecular flexibility index (Phi) is 6.63. The Balaban J connectivity index is 1.75. The van der Waals surface area contributed by atoms with Crippen molar-refractivity contribution in [1.82, 2.24) is 10.2 Å². The summed E-state index contributed by atoms with van der Waals surface area (Å²) in [5.74, 6) is 2.05. The number of hydrogen-bond acceptors (Lipinski definition) is 7. The molecule has 0 saturated heterocycles. The fourth-order valence-electron chi connectivity index (χ4n) is 3.59. The van der Waals surface area contributed by atoms with Crippen LogP contribution in [0.25, 0.3) is 22.4 Å². The zero-order chi connectivity index (χ0) is 24.1. The number of azo groups is 1. The number of H-pyrrole nitrogens is 2. The molecular formula is C25H24N4O5. The summed E-state index contributed by atoms with van der Waals surface area (Å²) >= 11 is 0. The normalized spacial score (nSPS) is 10.9. The van der Waals surface area contributed by atoms with Crippen LogP contribution < -0.4 is 24.5 Å². The molecule has 9 heteroatoms. The van der Waals surface area contributed by atoms with Gasteiger partial charge in [0.15, 0.2) is 17.2 Å². The first-order valence-electron chi connectivity index (χ1n) is 10.4. The summed E-state index contributed by atoms with van der Waals surface area (Å²) in [5.41, 5.74) is 3.17. The first-order valence-corrected chi connectivity index (χ1v) is 10.4. The predicted octanol–water partition coefficient (Wildman–Crippen LogP) is 5.49. The van der Waals surface area contributed by atoms with E-state index in [1.807, 2.05) is 42.5 Å². The Hall–Kier alpha value is -4.53. The van der Waals surface area contributed by atoms with Crippen LogP contribution in [0.3, 0.4) is 0 Å². The van der Waals surface area contributed by atoms with E-state index < -0.39 is 5.56 Å². The fraction of sp³-hybridized carbons (Fsp3) is 0.160. The zero-order valence-corrected chi connectivity index (χ0v) is 19.2. The first kappa shape index (κ1) is 22.7. The lowest BCUT2D eigenvalue weighted by molar-refractivity contribution is 0.324. The minimum absolute atomic E-state index is 0.117. The number of aromatic amines is 2. The highest BCUT2D eigenvalue weighted by molar-refractivity contribution is 5.76. The van der Waals surface area contributed by atoms with Crippen LogP contribution in [0.15, 0.2) is 75.7 Å². The molecule has 0 aliphatic heterocycles. The highest BCUT2D eigenvalue weighted by Crippen LogP contribution is 2.42. The second-order valence-electron chi connectivity index (χ2n) is 7.17. The largest absolute Gasteiger partial charge is 0.496 e. The van der Waals surface area contributed by atoms with Crippen molar-refractivity contribution in [2.24, 2.45) is 10.2 Å². The van der Waals surface area contributed by atoms with Crippen molar-refractivity contribution in [2.45, 2.75) is 0 Å². The second-order valence-corrected chi connectivity index (χ2v) is 7.17. The van der Waals surface area contributed by atoms with Crippen molar-refractivity contribution in [3.8, 4) is 45.4 Å². The molecule has 0 saturated carbocycles. The van der Waals surface area contributed by atoms with Crippen LogP contribution in [-0.2, 0) is 0 Å². The van der Waals surface area contributed by atoms with Gasteiger partial charge in [0.05, 0.1) is 39.8 Å². The number of nitrogens with one attached hydrogen (secondary N) is 2. The van der Waals surface area contributed by atoms with Crippen LogP contribution in [0.5, 0.6) is 23.0 Å². The van der Waals surface area contributed by atoms with E-state index in [0.717, 1.165) is 11.1 Å². The van der Waals surface area contributed by atoms with Gasteiger partial charge in [0.2, 0.25) is 5.75 Å². The molecule has 0 amide bonds. The van der Waals surface area contributed by atoms with Gasteiger partial charge in [-0.1, -0.05) is 30.3 Å². The Labute approximate surface area is 196 Å². The van der Waals surface area contributed by atoms with Gasteiger partial charge in [0.25, 0.3) is 5.56 Å². The van der Waals surface area contributed by atoms with Crippen molar-refractivity contribution in [3.05, 3.63) is 71.0 Å². The molecule has 0 unspecified atom stereocenters.